The van der Waals surface area contributed by atoms with E-state index in [1.807, 2.05) is 0 Å². The molecule has 4 nitrogen and oxygen atoms in total. The number of fused-ring (bicyclic) bond motifs is 1. The van der Waals surface area contributed by atoms with Gasteiger partial charge in [-0.05, 0) is 18.4 Å². The summed E-state index contributed by atoms with van der Waals surface area (Å²) in [4.78, 5) is 13.0. The van der Waals surface area contributed by atoms with Crippen LogP contribution in [0.15, 0.2) is 0 Å². The summed E-state index contributed by atoms with van der Waals surface area (Å²) in [5, 5.41) is 0.548. The van der Waals surface area contributed by atoms with Crippen LogP contribution in [0.3, 0.4) is 0 Å². The largest absolute Gasteiger partial charge is 0.462 e. The Morgan fingerprint density at radius 3 is 2.94 bits per heavy atom. The van der Waals surface area contributed by atoms with E-state index in [1.54, 1.807) is 6.92 Å². The fourth-order valence-electron chi connectivity index (χ4n) is 2.16. The molecule has 0 spiro atoms. The van der Waals surface area contributed by atoms with Gasteiger partial charge in [0.15, 0.2) is 0 Å². The van der Waals surface area contributed by atoms with Crippen molar-refractivity contribution in [2.24, 2.45) is 5.92 Å². The van der Waals surface area contributed by atoms with E-state index in [-0.39, 0.29) is 12.1 Å². The predicted molar refractivity (Wildman–Crippen MR) is 71.8 cm³/mol. The number of nitrogens with two attached hydrogens (primary N) is 1. The Kier molecular flexibility index (Phi) is 3.92. The molecule has 1 aliphatic heterocycles. The van der Waals surface area contributed by atoms with Gasteiger partial charge in [-0.2, -0.15) is 0 Å². The number of hydrogen-bond donors (Lipinski definition) is 1. The van der Waals surface area contributed by atoms with Crippen LogP contribution >= 0.6 is 11.3 Å². The van der Waals surface area contributed by atoms with Crippen LogP contribution in [0.4, 0.5) is 5.00 Å². The van der Waals surface area contributed by atoms with Crippen LogP contribution in [-0.4, -0.2) is 18.7 Å². The van der Waals surface area contributed by atoms with E-state index < -0.39 is 0 Å². The quantitative estimate of drug-likeness (QED) is 0.857. The molecule has 2 heterocycles. The molecule has 0 aliphatic carbocycles. The summed E-state index contributed by atoms with van der Waals surface area (Å²) in [6.07, 6.45) is 0.897. The molecule has 0 unspecified atom stereocenters. The van der Waals surface area contributed by atoms with Crippen molar-refractivity contribution in [3.8, 4) is 0 Å². The minimum Gasteiger partial charge on any atom is -0.462 e. The highest BCUT2D eigenvalue weighted by atomic mass is 32.1. The van der Waals surface area contributed by atoms with Crippen molar-refractivity contribution in [3.63, 3.8) is 0 Å². The second kappa shape index (κ2) is 5.28. The van der Waals surface area contributed by atoms with E-state index in [0.29, 0.717) is 29.7 Å². The summed E-state index contributed by atoms with van der Waals surface area (Å²) in [7, 11) is 0. The van der Waals surface area contributed by atoms with Crippen molar-refractivity contribution in [3.05, 3.63) is 16.0 Å². The van der Waals surface area contributed by atoms with Crippen molar-refractivity contribution >= 4 is 22.3 Å². The molecule has 100 valence electrons. The van der Waals surface area contributed by atoms with Crippen molar-refractivity contribution in [2.45, 2.75) is 39.9 Å². The highest BCUT2D eigenvalue weighted by Gasteiger charge is 2.30. The van der Waals surface area contributed by atoms with Gasteiger partial charge in [0.05, 0.1) is 24.9 Å². The molecular formula is C13H19NO3S. The zero-order chi connectivity index (χ0) is 13.3. The molecule has 0 radical (unpaired) electrons. The average molecular weight is 269 g/mol. The SMILES string of the molecule is CCOC(=O)c1c(N)sc2c1C[C@@H](C(C)C)OC2. The summed E-state index contributed by atoms with van der Waals surface area (Å²) in [6, 6.07) is 0. The molecule has 0 bridgehead atoms. The molecule has 2 N–H and O–H groups in total. The highest BCUT2D eigenvalue weighted by Crippen LogP contribution is 2.37. The Morgan fingerprint density at radius 2 is 2.33 bits per heavy atom. The second-order valence-corrected chi connectivity index (χ2v) is 5.90. The van der Waals surface area contributed by atoms with Gasteiger partial charge >= 0.3 is 5.97 Å². The van der Waals surface area contributed by atoms with Crippen molar-refractivity contribution in [2.75, 3.05) is 12.3 Å². The number of esters is 1. The van der Waals surface area contributed by atoms with E-state index in [1.165, 1.54) is 11.3 Å². The average Bonchev–Trinajstić information content (AvgIpc) is 2.63. The highest BCUT2D eigenvalue weighted by molar-refractivity contribution is 7.16. The van der Waals surface area contributed by atoms with Gasteiger partial charge in [-0.3, -0.25) is 0 Å². The molecule has 0 amide bonds. The first-order valence-corrected chi connectivity index (χ1v) is 7.05. The maximum Gasteiger partial charge on any atom is 0.341 e. The normalized spacial score (nSPS) is 18.8. The third-order valence-corrected chi connectivity index (χ3v) is 4.21. The topological polar surface area (TPSA) is 61.5 Å². The Morgan fingerprint density at radius 1 is 1.61 bits per heavy atom. The van der Waals surface area contributed by atoms with E-state index in [2.05, 4.69) is 13.8 Å². The first-order chi connectivity index (χ1) is 8.54. The predicted octanol–water partition coefficient (Wildman–Crippen LogP) is 2.60. The van der Waals surface area contributed by atoms with Crippen molar-refractivity contribution in [1.29, 1.82) is 0 Å². The lowest BCUT2D eigenvalue weighted by atomic mass is 9.94. The van der Waals surface area contributed by atoms with E-state index in [4.69, 9.17) is 15.2 Å². The fourth-order valence-corrected chi connectivity index (χ4v) is 3.17. The number of hydrogen-bond acceptors (Lipinski definition) is 5. The molecule has 1 aromatic rings. The van der Waals surface area contributed by atoms with Gasteiger partial charge < -0.3 is 15.2 Å². The second-order valence-electron chi connectivity index (χ2n) is 4.76. The van der Waals surface area contributed by atoms with Crippen LogP contribution in [0.25, 0.3) is 0 Å². The maximum absolute atomic E-state index is 11.9. The number of thiophene rings is 1. The fraction of sp³-hybridized carbons (Fsp3) is 0.615. The lowest BCUT2D eigenvalue weighted by molar-refractivity contribution is 0.00124. The minimum absolute atomic E-state index is 0.152. The summed E-state index contributed by atoms with van der Waals surface area (Å²) >= 11 is 1.44. The Hall–Kier alpha value is -1.07. The van der Waals surface area contributed by atoms with E-state index >= 15 is 0 Å². The maximum atomic E-state index is 11.9. The molecule has 0 aromatic carbocycles. The number of anilines is 1. The third-order valence-electron chi connectivity index (χ3n) is 3.17. The summed E-state index contributed by atoms with van der Waals surface area (Å²) < 4.78 is 10.9. The zero-order valence-electron chi connectivity index (χ0n) is 11.0. The van der Waals surface area contributed by atoms with Gasteiger partial charge in [0.2, 0.25) is 0 Å². The molecule has 1 aliphatic rings. The summed E-state index contributed by atoms with van der Waals surface area (Å²) in [6.45, 7) is 6.96. The van der Waals surface area contributed by atoms with Crippen LogP contribution in [0.5, 0.6) is 0 Å². The van der Waals surface area contributed by atoms with E-state index in [0.717, 1.165) is 16.9 Å². The van der Waals surface area contributed by atoms with Crippen LogP contribution in [-0.2, 0) is 22.5 Å². The standard InChI is InChI=1S/C13H19NO3S/c1-4-16-13(15)11-8-5-9(7(2)3)17-6-10(8)18-12(11)14/h7,9H,4-6,14H2,1-3H3/t9-/m0/s1. The number of ether oxygens (including phenoxy) is 2. The molecule has 0 saturated carbocycles. The number of carbonyl (C=O) groups is 1. The van der Waals surface area contributed by atoms with Gasteiger partial charge in [-0.15, -0.1) is 11.3 Å². The Balaban J connectivity index is 2.32. The van der Waals surface area contributed by atoms with Crippen LogP contribution in [0.2, 0.25) is 0 Å². The Bertz CT molecular complexity index is 453. The smallest absolute Gasteiger partial charge is 0.341 e. The minimum atomic E-state index is -0.308. The van der Waals surface area contributed by atoms with Crippen LogP contribution < -0.4 is 5.73 Å². The van der Waals surface area contributed by atoms with Gasteiger partial charge in [0, 0.05) is 11.3 Å². The van der Waals surface area contributed by atoms with Crippen molar-refractivity contribution in [1.82, 2.24) is 0 Å². The first-order valence-electron chi connectivity index (χ1n) is 6.23. The summed E-state index contributed by atoms with van der Waals surface area (Å²) in [5.74, 6) is 0.117. The molecule has 0 fully saturated rings. The van der Waals surface area contributed by atoms with Gasteiger partial charge in [-0.25, -0.2) is 4.79 Å². The van der Waals surface area contributed by atoms with Crippen LogP contribution in [0, 0.1) is 5.92 Å². The molecular weight excluding hydrogens is 250 g/mol. The zero-order valence-corrected chi connectivity index (χ0v) is 11.8. The molecule has 18 heavy (non-hydrogen) atoms. The molecule has 1 atom stereocenters. The summed E-state index contributed by atoms with van der Waals surface area (Å²) in [5.41, 5.74) is 7.53. The lowest BCUT2D eigenvalue weighted by Gasteiger charge is -2.26. The van der Waals surface area contributed by atoms with Crippen LogP contribution in [0.1, 0.15) is 41.6 Å². The third kappa shape index (κ3) is 2.37. The van der Waals surface area contributed by atoms with Gasteiger partial charge in [-0.1, -0.05) is 13.8 Å². The van der Waals surface area contributed by atoms with E-state index in [9.17, 15) is 4.79 Å². The molecule has 1 aromatic heterocycles. The monoisotopic (exact) mass is 269 g/mol. The number of nitrogen functional groups attached to an aromatic ring is 1. The number of carbonyl (C=O) groups excluding carboxylic acids is 1. The first kappa shape index (κ1) is 13.4. The van der Waals surface area contributed by atoms with Gasteiger partial charge in [0.1, 0.15) is 5.00 Å². The number of rotatable bonds is 3. The molecule has 5 heteroatoms. The Labute approximate surface area is 111 Å². The molecule has 0 saturated heterocycles. The van der Waals surface area contributed by atoms with Crippen molar-refractivity contribution < 1.29 is 14.3 Å². The molecule has 2 rings (SSSR count). The lowest BCUT2D eigenvalue weighted by Crippen LogP contribution is -2.27. The van der Waals surface area contributed by atoms with Gasteiger partial charge in [0.25, 0.3) is 0 Å².